The Balaban J connectivity index is 4.49. The second kappa shape index (κ2) is 11.0. The molecule has 29 heavy (non-hydrogen) atoms. The molecule has 0 rings (SSSR count). The van der Waals surface area contributed by atoms with Crippen LogP contribution in [0.25, 0.3) is 0 Å². The number of rotatable bonds is 15. The lowest BCUT2D eigenvalue weighted by Crippen LogP contribution is -2.66. The van der Waals surface area contributed by atoms with Gasteiger partial charge in [0.25, 0.3) is 0 Å². The molecule has 0 nitrogen and oxygen atoms in total. The van der Waals surface area contributed by atoms with Gasteiger partial charge < -0.3 is 0 Å². The summed E-state index contributed by atoms with van der Waals surface area (Å²) in [5.74, 6) is -27.2. The summed E-state index contributed by atoms with van der Waals surface area (Å²) in [5, 5.41) is 0. The summed E-state index contributed by atoms with van der Waals surface area (Å²) in [7, 11) is 0. The second-order valence-corrected chi connectivity index (χ2v) is 7.21. The quantitative estimate of drug-likeness (QED) is 0.172. The Labute approximate surface area is 163 Å². The molecule has 0 N–H and O–H groups in total. The van der Waals surface area contributed by atoms with Crippen LogP contribution in [-0.4, -0.2) is 29.9 Å². The van der Waals surface area contributed by atoms with E-state index in [9.17, 15) is 48.3 Å². The van der Waals surface area contributed by atoms with E-state index in [0.717, 1.165) is 44.9 Å². The molecule has 0 aromatic heterocycles. The monoisotopic (exact) mass is 452 g/mol. The molecule has 0 bridgehead atoms. The van der Waals surface area contributed by atoms with Crippen LogP contribution in [0, 0.1) is 0 Å². The molecule has 0 saturated heterocycles. The van der Waals surface area contributed by atoms with Gasteiger partial charge in [-0.3, -0.25) is 0 Å². The molecule has 0 atom stereocenters. The van der Waals surface area contributed by atoms with E-state index in [1.54, 1.807) is 0 Å². The lowest BCUT2D eigenvalue weighted by molar-refractivity contribution is -0.422. The fraction of sp³-hybridized carbons (Fsp3) is 1.00. The average molecular weight is 452 g/mol. The van der Waals surface area contributed by atoms with Crippen molar-refractivity contribution in [3.63, 3.8) is 0 Å². The normalized spacial score (nSPS) is 14.5. The van der Waals surface area contributed by atoms with Crippen LogP contribution in [0.5, 0.6) is 0 Å². The zero-order valence-electron chi connectivity index (χ0n) is 16.1. The van der Waals surface area contributed by atoms with Crippen molar-refractivity contribution >= 4 is 0 Å². The molecule has 0 aromatic carbocycles. The maximum atomic E-state index is 13.5. The van der Waals surface area contributed by atoms with E-state index in [4.69, 9.17) is 0 Å². The summed E-state index contributed by atoms with van der Waals surface area (Å²) < 4.78 is 141. The molecule has 0 saturated carbocycles. The van der Waals surface area contributed by atoms with Crippen molar-refractivity contribution in [3.05, 3.63) is 0 Å². The van der Waals surface area contributed by atoms with Gasteiger partial charge in [-0.05, 0) is 6.42 Å². The van der Waals surface area contributed by atoms with Crippen LogP contribution in [-0.2, 0) is 0 Å². The number of alkyl halides is 11. The van der Waals surface area contributed by atoms with Crippen LogP contribution in [0.2, 0.25) is 0 Å². The van der Waals surface area contributed by atoms with Crippen LogP contribution < -0.4 is 0 Å². The third kappa shape index (κ3) is 7.15. The van der Waals surface area contributed by atoms with Gasteiger partial charge in [-0.1, -0.05) is 71.1 Å². The maximum absolute atomic E-state index is 13.5. The Hall–Kier alpha value is -0.770. The topological polar surface area (TPSA) is 0 Å². The largest absolute Gasteiger partial charge is 0.460 e. The van der Waals surface area contributed by atoms with Gasteiger partial charge in [-0.15, -0.1) is 0 Å². The van der Waals surface area contributed by atoms with Gasteiger partial charge in [0, 0.05) is 6.42 Å². The van der Waals surface area contributed by atoms with Gasteiger partial charge in [-0.25, -0.2) is 0 Å². The van der Waals surface area contributed by atoms with Gasteiger partial charge >= 0.3 is 29.9 Å². The molecule has 0 radical (unpaired) electrons. The minimum Gasteiger partial charge on any atom is -0.200 e. The summed E-state index contributed by atoms with van der Waals surface area (Å²) in [6, 6.07) is 0. The minimum absolute atomic E-state index is 0.0528. The number of hydrogen-bond acceptors (Lipinski definition) is 0. The molecule has 0 spiro atoms. The Morgan fingerprint density at radius 1 is 0.414 bits per heavy atom. The van der Waals surface area contributed by atoms with E-state index in [1.165, 1.54) is 0 Å². The Morgan fingerprint density at radius 2 is 0.759 bits per heavy atom. The summed E-state index contributed by atoms with van der Waals surface area (Å²) >= 11 is 0. The van der Waals surface area contributed by atoms with Crippen molar-refractivity contribution in [2.75, 3.05) is 0 Å². The van der Waals surface area contributed by atoms with E-state index in [-0.39, 0.29) is 6.42 Å². The zero-order chi connectivity index (χ0) is 23.0. The molecule has 0 unspecified atom stereocenters. The van der Waals surface area contributed by atoms with Crippen molar-refractivity contribution < 1.29 is 48.3 Å². The van der Waals surface area contributed by atoms with E-state index in [1.807, 2.05) is 0 Å². The molecule has 176 valence electrons. The summed E-state index contributed by atoms with van der Waals surface area (Å²) in [5.41, 5.74) is 0. The molecule has 11 heteroatoms. The first kappa shape index (κ1) is 28.2. The zero-order valence-corrected chi connectivity index (χ0v) is 16.1. The lowest BCUT2D eigenvalue weighted by Gasteiger charge is -2.37. The first-order valence-electron chi connectivity index (χ1n) is 9.64. The van der Waals surface area contributed by atoms with Crippen LogP contribution in [0.1, 0.15) is 84.0 Å². The van der Waals surface area contributed by atoms with E-state index < -0.39 is 42.7 Å². The molecule has 0 aliphatic rings. The van der Waals surface area contributed by atoms with E-state index in [0.29, 0.717) is 12.8 Å². The van der Waals surface area contributed by atoms with Crippen molar-refractivity contribution in [2.24, 2.45) is 0 Å². The van der Waals surface area contributed by atoms with Crippen LogP contribution in [0.15, 0.2) is 0 Å². The smallest absolute Gasteiger partial charge is 0.200 e. The van der Waals surface area contributed by atoms with Crippen molar-refractivity contribution in [2.45, 2.75) is 114 Å². The third-order valence-corrected chi connectivity index (χ3v) is 4.70. The van der Waals surface area contributed by atoms with E-state index in [2.05, 4.69) is 6.92 Å². The van der Waals surface area contributed by atoms with Gasteiger partial charge in [-0.2, -0.15) is 48.3 Å². The second-order valence-electron chi connectivity index (χ2n) is 7.21. The molecule has 0 aliphatic heterocycles. The summed E-state index contributed by atoms with van der Waals surface area (Å²) in [4.78, 5) is 0. The summed E-state index contributed by atoms with van der Waals surface area (Å²) in [6.07, 6.45) is -1.77. The number of halogens is 11. The fourth-order valence-corrected chi connectivity index (χ4v) is 2.77. The van der Waals surface area contributed by atoms with Crippen molar-refractivity contribution in [1.82, 2.24) is 0 Å². The first-order chi connectivity index (χ1) is 13.1. The molecule has 0 fully saturated rings. The highest BCUT2D eigenvalue weighted by Gasteiger charge is 2.86. The van der Waals surface area contributed by atoms with Gasteiger partial charge in [0.2, 0.25) is 0 Å². The van der Waals surface area contributed by atoms with Gasteiger partial charge in [0.05, 0.1) is 0 Å². The molecule has 0 amide bonds. The molecule has 0 aliphatic carbocycles. The van der Waals surface area contributed by atoms with Crippen molar-refractivity contribution in [3.8, 4) is 0 Å². The molecular weight excluding hydrogens is 425 g/mol. The SMILES string of the molecule is CCCCCCCCCCCCCC(F)(F)C(F)(F)C(F)(F)C(F)(F)C(F)(F)F. The minimum atomic E-state index is -7.30. The first-order valence-corrected chi connectivity index (χ1v) is 9.64. The Morgan fingerprint density at radius 3 is 1.10 bits per heavy atom. The highest BCUT2D eigenvalue weighted by Crippen LogP contribution is 2.58. The Kier molecular flexibility index (Phi) is 10.7. The van der Waals surface area contributed by atoms with Crippen LogP contribution >= 0.6 is 0 Å². The highest BCUT2D eigenvalue weighted by atomic mass is 19.4. The highest BCUT2D eigenvalue weighted by molar-refractivity contribution is 5.06. The molecule has 0 heterocycles. The van der Waals surface area contributed by atoms with Crippen LogP contribution in [0.4, 0.5) is 48.3 Å². The average Bonchev–Trinajstić information content (AvgIpc) is 2.58. The van der Waals surface area contributed by atoms with Gasteiger partial charge in [0.1, 0.15) is 0 Å². The predicted octanol–water partition coefficient (Wildman–Crippen LogP) is 8.79. The standard InChI is InChI=1S/C18H27F11/c1-2-3-4-5-6-7-8-9-10-11-12-13-14(19,20)15(21,22)16(23,24)17(25,26)18(27,28)29/h2-13H2,1H3. The molecule has 0 aromatic rings. The fourth-order valence-electron chi connectivity index (χ4n) is 2.77. The number of unbranched alkanes of at least 4 members (excludes halogenated alkanes) is 10. The third-order valence-electron chi connectivity index (χ3n) is 4.70. The molecular formula is C18H27F11. The van der Waals surface area contributed by atoms with Gasteiger partial charge in [0.15, 0.2) is 0 Å². The van der Waals surface area contributed by atoms with Crippen molar-refractivity contribution in [1.29, 1.82) is 0 Å². The summed E-state index contributed by atoms with van der Waals surface area (Å²) in [6.45, 7) is 2.07. The van der Waals surface area contributed by atoms with E-state index >= 15 is 0 Å². The van der Waals surface area contributed by atoms with Crippen LogP contribution in [0.3, 0.4) is 0 Å². The lowest BCUT2D eigenvalue weighted by atomic mass is 9.94. The predicted molar refractivity (Wildman–Crippen MR) is 86.9 cm³/mol. The Bertz CT molecular complexity index is 455. The maximum Gasteiger partial charge on any atom is 0.460 e. The number of hydrogen-bond donors (Lipinski definition) is 0.